The summed E-state index contributed by atoms with van der Waals surface area (Å²) >= 11 is 0. The van der Waals surface area contributed by atoms with Crippen molar-refractivity contribution in [3.05, 3.63) is 29.8 Å². The van der Waals surface area contributed by atoms with Crippen LogP contribution in [0.15, 0.2) is 24.3 Å². The lowest BCUT2D eigenvalue weighted by molar-refractivity contribution is -0.162. The zero-order valence-electron chi connectivity index (χ0n) is 16.5. The molecule has 0 saturated heterocycles. The van der Waals surface area contributed by atoms with E-state index in [9.17, 15) is 26.4 Å². The summed E-state index contributed by atoms with van der Waals surface area (Å²) in [5.41, 5.74) is -5.26. The largest absolute Gasteiger partial charge is 0.534 e. The molecule has 0 N–H and O–H groups in total. The molecule has 0 heterocycles. The topological polar surface area (TPSA) is 78.9 Å². The minimum atomic E-state index is -5.67. The van der Waals surface area contributed by atoms with Gasteiger partial charge in [-0.05, 0) is 63.1 Å². The zero-order chi connectivity index (χ0) is 21.9. The van der Waals surface area contributed by atoms with Gasteiger partial charge in [0, 0.05) is 6.92 Å². The molecule has 10 heteroatoms. The van der Waals surface area contributed by atoms with Gasteiger partial charge in [-0.2, -0.15) is 21.6 Å². The van der Waals surface area contributed by atoms with Crippen LogP contribution in [0, 0.1) is 0 Å². The van der Waals surface area contributed by atoms with Gasteiger partial charge in [0.1, 0.15) is 11.4 Å². The maximum Gasteiger partial charge on any atom is 0.534 e. The second-order valence-corrected chi connectivity index (χ2v) is 9.23. The van der Waals surface area contributed by atoms with Crippen molar-refractivity contribution in [3.8, 4) is 5.75 Å². The number of carbonyl (C=O) groups is 1. The number of rotatable bonds is 7. The molecule has 0 spiro atoms. The fourth-order valence-corrected chi connectivity index (χ4v) is 3.73. The third-order valence-electron chi connectivity index (χ3n) is 4.60. The van der Waals surface area contributed by atoms with Crippen molar-refractivity contribution >= 4 is 16.1 Å². The predicted octanol–water partition coefficient (Wildman–Crippen LogP) is 4.30. The molecule has 6 nitrogen and oxygen atoms in total. The van der Waals surface area contributed by atoms with E-state index < -0.39 is 21.2 Å². The first kappa shape index (κ1) is 23.5. The van der Waals surface area contributed by atoms with Gasteiger partial charge in [0.2, 0.25) is 0 Å². The highest BCUT2D eigenvalue weighted by Crippen LogP contribution is 2.35. The van der Waals surface area contributed by atoms with Gasteiger partial charge in [0.15, 0.2) is 0 Å². The summed E-state index contributed by atoms with van der Waals surface area (Å²) in [4.78, 5) is 11.1. The van der Waals surface area contributed by atoms with Crippen molar-refractivity contribution in [2.24, 2.45) is 0 Å². The average molecular weight is 438 g/mol. The number of carbonyl (C=O) groups excluding carboxylic acids is 1. The summed E-state index contributed by atoms with van der Waals surface area (Å²) in [6, 6.07) is 5.61. The highest BCUT2D eigenvalue weighted by atomic mass is 32.2. The Bertz CT molecular complexity index is 794. The van der Waals surface area contributed by atoms with Crippen molar-refractivity contribution in [3.63, 3.8) is 0 Å². The Kier molecular flexibility index (Phi) is 7.21. The minimum Gasteiger partial charge on any atom is -0.457 e. The van der Waals surface area contributed by atoms with Crippen LogP contribution < -0.4 is 4.18 Å². The van der Waals surface area contributed by atoms with Crippen molar-refractivity contribution in [2.75, 3.05) is 6.61 Å². The first-order chi connectivity index (χ1) is 13.3. The Morgan fingerprint density at radius 3 is 2.10 bits per heavy atom. The highest BCUT2D eigenvalue weighted by molar-refractivity contribution is 7.88. The van der Waals surface area contributed by atoms with Crippen LogP contribution in [0.25, 0.3) is 0 Å². The number of halogens is 3. The molecule has 1 fully saturated rings. The smallest absolute Gasteiger partial charge is 0.457 e. The summed E-state index contributed by atoms with van der Waals surface area (Å²) in [5, 5.41) is 0. The average Bonchev–Trinajstić information content (AvgIpc) is 2.59. The third kappa shape index (κ3) is 6.88. The van der Waals surface area contributed by atoms with E-state index in [2.05, 4.69) is 4.18 Å². The molecule has 0 amide bonds. The van der Waals surface area contributed by atoms with Gasteiger partial charge in [0.05, 0.1) is 12.7 Å². The van der Waals surface area contributed by atoms with Crippen LogP contribution in [0.2, 0.25) is 0 Å². The van der Waals surface area contributed by atoms with Gasteiger partial charge in [-0.15, -0.1) is 0 Å². The van der Waals surface area contributed by atoms with Crippen LogP contribution >= 0.6 is 0 Å². The Hall–Kier alpha value is -1.81. The van der Waals surface area contributed by atoms with Crippen molar-refractivity contribution < 1.29 is 40.0 Å². The summed E-state index contributed by atoms with van der Waals surface area (Å²) < 4.78 is 74.4. The number of ether oxygens (including phenoxy) is 2. The molecule has 1 aliphatic carbocycles. The molecule has 29 heavy (non-hydrogen) atoms. The van der Waals surface area contributed by atoms with Crippen LogP contribution in [0.4, 0.5) is 13.2 Å². The molecule has 0 unspecified atom stereocenters. The maximum atomic E-state index is 12.4. The summed E-state index contributed by atoms with van der Waals surface area (Å²) in [5.74, 6) is -0.543. The Labute approximate surface area is 168 Å². The molecular weight excluding hydrogens is 413 g/mol. The van der Waals surface area contributed by atoms with Crippen LogP contribution in [0.5, 0.6) is 5.75 Å². The molecule has 0 aromatic heterocycles. The molecule has 1 saturated carbocycles. The number of hydrogen-bond acceptors (Lipinski definition) is 6. The maximum absolute atomic E-state index is 12.4. The van der Waals surface area contributed by atoms with E-state index in [1.54, 1.807) is 26.0 Å². The van der Waals surface area contributed by atoms with Crippen LogP contribution in [0.1, 0.15) is 57.9 Å². The van der Waals surface area contributed by atoms with Crippen LogP contribution in [0.3, 0.4) is 0 Å². The molecular formula is C19H25F3O6S. The van der Waals surface area contributed by atoms with Gasteiger partial charge in [0.25, 0.3) is 0 Å². The molecule has 164 valence electrons. The first-order valence-corrected chi connectivity index (χ1v) is 10.6. The molecule has 2 rings (SSSR count). The second kappa shape index (κ2) is 8.91. The van der Waals surface area contributed by atoms with Gasteiger partial charge in [-0.1, -0.05) is 12.1 Å². The van der Waals surface area contributed by atoms with Gasteiger partial charge >= 0.3 is 21.6 Å². The summed E-state index contributed by atoms with van der Waals surface area (Å²) in [7, 11) is -5.67. The third-order valence-corrected chi connectivity index (χ3v) is 5.58. The van der Waals surface area contributed by atoms with E-state index in [1.807, 2.05) is 0 Å². The number of hydrogen-bond donors (Lipinski definition) is 0. The Morgan fingerprint density at radius 2 is 1.62 bits per heavy atom. The lowest BCUT2D eigenvalue weighted by Gasteiger charge is -2.32. The standard InChI is InChI=1S/C19H25F3O6S/c1-13(23)27-18(2,3)12-26-16-8-4-14(5-9-16)15-6-10-17(11-7-15)28-29(24,25)19(20,21)22/h6-7,10-11,14,16H,4-5,8-9,12H2,1-3H3. The number of alkyl halides is 3. The van der Waals surface area contributed by atoms with E-state index in [1.165, 1.54) is 19.1 Å². The zero-order valence-corrected chi connectivity index (χ0v) is 17.3. The molecule has 1 aliphatic rings. The predicted molar refractivity (Wildman–Crippen MR) is 98.8 cm³/mol. The minimum absolute atomic E-state index is 0.0422. The normalized spacial score (nSPS) is 20.9. The molecule has 1 aromatic carbocycles. The van der Waals surface area contributed by atoms with Crippen molar-refractivity contribution in [1.29, 1.82) is 0 Å². The van der Waals surface area contributed by atoms with E-state index in [0.29, 0.717) is 6.61 Å². The lowest BCUT2D eigenvalue weighted by Crippen LogP contribution is -2.35. The lowest BCUT2D eigenvalue weighted by atomic mass is 9.82. The van der Waals surface area contributed by atoms with Crippen LogP contribution in [-0.4, -0.2) is 38.2 Å². The van der Waals surface area contributed by atoms with Gasteiger partial charge < -0.3 is 13.7 Å². The number of esters is 1. The highest BCUT2D eigenvalue weighted by Gasteiger charge is 2.48. The molecule has 1 aromatic rings. The molecule has 0 radical (unpaired) electrons. The van der Waals surface area contributed by atoms with Crippen molar-refractivity contribution in [2.45, 2.75) is 69.6 Å². The molecule has 0 atom stereocenters. The Balaban J connectivity index is 1.86. The number of benzene rings is 1. The second-order valence-electron chi connectivity index (χ2n) is 7.69. The SMILES string of the molecule is CC(=O)OC(C)(C)COC1CCC(c2ccc(OS(=O)(=O)C(F)(F)F)cc2)CC1. The quantitative estimate of drug-likeness (QED) is 0.359. The Morgan fingerprint density at radius 1 is 1.07 bits per heavy atom. The molecule has 0 aliphatic heterocycles. The fraction of sp³-hybridized carbons (Fsp3) is 0.632. The van der Waals surface area contributed by atoms with Gasteiger partial charge in [-0.25, -0.2) is 0 Å². The summed E-state index contributed by atoms with van der Waals surface area (Å²) in [6.07, 6.45) is 3.27. The van der Waals surface area contributed by atoms with E-state index in [-0.39, 0.29) is 23.7 Å². The van der Waals surface area contributed by atoms with E-state index in [4.69, 9.17) is 9.47 Å². The fourth-order valence-electron chi connectivity index (χ4n) is 3.27. The van der Waals surface area contributed by atoms with E-state index in [0.717, 1.165) is 31.2 Å². The van der Waals surface area contributed by atoms with Crippen LogP contribution in [-0.2, 0) is 24.4 Å². The monoisotopic (exact) mass is 438 g/mol. The molecule has 0 bridgehead atoms. The van der Waals surface area contributed by atoms with Crippen molar-refractivity contribution in [1.82, 2.24) is 0 Å². The van der Waals surface area contributed by atoms with E-state index >= 15 is 0 Å². The first-order valence-electron chi connectivity index (χ1n) is 9.21. The summed E-state index contributed by atoms with van der Waals surface area (Å²) in [6.45, 7) is 5.20. The van der Waals surface area contributed by atoms with Gasteiger partial charge in [-0.3, -0.25) is 4.79 Å².